The average Bonchev–Trinajstić information content (AvgIpc) is 1.65. The third-order valence-corrected chi connectivity index (χ3v) is 1.30. The van der Waals surface area contributed by atoms with Gasteiger partial charge in [-0.25, -0.2) is 0 Å². The van der Waals surface area contributed by atoms with Crippen molar-refractivity contribution in [2.24, 2.45) is 11.8 Å². The summed E-state index contributed by atoms with van der Waals surface area (Å²) < 4.78 is 0. The van der Waals surface area contributed by atoms with E-state index in [0.29, 0.717) is 5.92 Å². The first-order valence-electron chi connectivity index (χ1n) is 3.29. The highest BCUT2D eigenvalue weighted by molar-refractivity contribution is 4.60. The third kappa shape index (κ3) is 4.17. The number of hydrogen-bond donors (Lipinski definition) is 0. The molecule has 0 N–H and O–H groups in total. The first kappa shape index (κ1) is 8.00. The second-order valence-electron chi connectivity index (χ2n) is 2.73. The van der Waals surface area contributed by atoms with E-state index in [4.69, 9.17) is 0 Å². The lowest BCUT2D eigenvalue weighted by Crippen LogP contribution is -1.97. The summed E-state index contributed by atoms with van der Waals surface area (Å²) in [5.41, 5.74) is 0. The maximum absolute atomic E-state index is 3.90. The van der Waals surface area contributed by atoms with Crippen molar-refractivity contribution in [3.8, 4) is 0 Å². The van der Waals surface area contributed by atoms with Crippen LogP contribution in [0.15, 0.2) is 0 Å². The lowest BCUT2D eigenvalue weighted by Gasteiger charge is -2.09. The second kappa shape index (κ2) is 3.94. The van der Waals surface area contributed by atoms with Gasteiger partial charge in [-0.05, 0) is 18.3 Å². The number of rotatable bonds is 3. The first-order valence-corrected chi connectivity index (χ1v) is 3.29. The van der Waals surface area contributed by atoms with Gasteiger partial charge in [0.15, 0.2) is 0 Å². The Labute approximate surface area is 53.3 Å². The van der Waals surface area contributed by atoms with Crippen molar-refractivity contribution in [2.75, 3.05) is 0 Å². The Morgan fingerprint density at radius 2 is 1.88 bits per heavy atom. The van der Waals surface area contributed by atoms with Crippen LogP contribution in [0.1, 0.15) is 26.7 Å². The third-order valence-electron chi connectivity index (χ3n) is 1.30. The molecule has 0 amide bonds. The van der Waals surface area contributed by atoms with Gasteiger partial charge in [-0.1, -0.05) is 34.1 Å². The van der Waals surface area contributed by atoms with Gasteiger partial charge >= 0.3 is 0 Å². The van der Waals surface area contributed by atoms with Gasteiger partial charge in [0, 0.05) is 0 Å². The average molecular weight is 112 g/mol. The highest BCUT2D eigenvalue weighted by atomic mass is 14.1. The molecule has 2 atom stereocenters. The molecule has 0 heteroatoms. The standard InChI is InChI=1S/C8H16/c1-5-8(4)6-7(2)3/h7-8H,1-2,5-6H2,3-4H3. The zero-order chi connectivity index (χ0) is 6.57. The Bertz CT molecular complexity index is 46.0. The van der Waals surface area contributed by atoms with E-state index in [0.717, 1.165) is 12.3 Å². The van der Waals surface area contributed by atoms with Crippen LogP contribution in [0.3, 0.4) is 0 Å². The van der Waals surface area contributed by atoms with E-state index in [1.807, 2.05) is 0 Å². The molecule has 2 radical (unpaired) electrons. The van der Waals surface area contributed by atoms with Crippen molar-refractivity contribution >= 4 is 0 Å². The van der Waals surface area contributed by atoms with Gasteiger partial charge in [0.1, 0.15) is 0 Å². The van der Waals surface area contributed by atoms with Crippen molar-refractivity contribution in [2.45, 2.75) is 26.7 Å². The van der Waals surface area contributed by atoms with E-state index in [2.05, 4.69) is 27.7 Å². The van der Waals surface area contributed by atoms with Crippen molar-refractivity contribution in [1.29, 1.82) is 0 Å². The molecular weight excluding hydrogens is 96.1 g/mol. The molecule has 0 saturated heterocycles. The van der Waals surface area contributed by atoms with E-state index in [-0.39, 0.29) is 0 Å². The lowest BCUT2D eigenvalue weighted by atomic mass is 9.97. The zero-order valence-corrected chi connectivity index (χ0v) is 5.98. The molecular formula is C8H16. The smallest absolute Gasteiger partial charge is 0.0440 e. The van der Waals surface area contributed by atoms with Crippen molar-refractivity contribution in [1.82, 2.24) is 0 Å². The van der Waals surface area contributed by atoms with Crippen LogP contribution in [-0.4, -0.2) is 0 Å². The minimum atomic E-state index is 0.590. The van der Waals surface area contributed by atoms with E-state index >= 15 is 0 Å². The van der Waals surface area contributed by atoms with Gasteiger partial charge in [0.05, 0.1) is 0 Å². The van der Waals surface area contributed by atoms with Crippen molar-refractivity contribution in [3.63, 3.8) is 0 Å². The molecule has 0 aromatic heterocycles. The van der Waals surface area contributed by atoms with Gasteiger partial charge in [-0.3, -0.25) is 0 Å². The van der Waals surface area contributed by atoms with Crippen LogP contribution >= 0.6 is 0 Å². The Morgan fingerprint density at radius 3 is 2.00 bits per heavy atom. The second-order valence-corrected chi connectivity index (χ2v) is 2.73. The molecule has 0 aliphatic carbocycles. The van der Waals surface area contributed by atoms with Crippen molar-refractivity contribution in [3.05, 3.63) is 13.8 Å². The molecule has 0 spiro atoms. The van der Waals surface area contributed by atoms with Crippen LogP contribution in [0.4, 0.5) is 0 Å². The first-order chi connectivity index (χ1) is 3.66. The van der Waals surface area contributed by atoms with Crippen LogP contribution in [0, 0.1) is 25.7 Å². The Kier molecular flexibility index (Phi) is 3.94. The molecule has 8 heavy (non-hydrogen) atoms. The SMILES string of the molecule is [CH2]CC(C)CC([CH2])C. The summed E-state index contributed by atoms with van der Waals surface area (Å²) in [4.78, 5) is 0. The lowest BCUT2D eigenvalue weighted by molar-refractivity contribution is 0.468. The Hall–Kier alpha value is 0. The Morgan fingerprint density at radius 1 is 1.38 bits per heavy atom. The van der Waals surface area contributed by atoms with E-state index in [1.165, 1.54) is 6.42 Å². The van der Waals surface area contributed by atoms with Gasteiger partial charge in [-0.2, -0.15) is 0 Å². The van der Waals surface area contributed by atoms with E-state index in [1.54, 1.807) is 0 Å². The van der Waals surface area contributed by atoms with Crippen LogP contribution < -0.4 is 0 Å². The van der Waals surface area contributed by atoms with Gasteiger partial charge < -0.3 is 0 Å². The fraction of sp³-hybridized carbons (Fsp3) is 0.750. The maximum atomic E-state index is 3.90. The summed E-state index contributed by atoms with van der Waals surface area (Å²) in [6, 6.07) is 0. The predicted octanol–water partition coefficient (Wildman–Crippen LogP) is 2.71. The Balaban J connectivity index is 3.10. The van der Waals surface area contributed by atoms with Crippen LogP contribution in [0.25, 0.3) is 0 Å². The normalized spacial score (nSPS) is 14.6. The molecule has 0 aromatic carbocycles. The molecule has 0 fully saturated rings. The highest BCUT2D eigenvalue weighted by Crippen LogP contribution is 2.12. The minimum absolute atomic E-state index is 0.590. The van der Waals surface area contributed by atoms with Crippen LogP contribution in [0.2, 0.25) is 0 Å². The fourth-order valence-electron chi connectivity index (χ4n) is 0.805. The molecule has 0 bridgehead atoms. The maximum Gasteiger partial charge on any atom is -0.0440 e. The largest absolute Gasteiger partial charge is 0.0625 e. The topological polar surface area (TPSA) is 0 Å². The van der Waals surface area contributed by atoms with Gasteiger partial charge in [-0.15, -0.1) is 0 Å². The summed E-state index contributed by atoms with van der Waals surface area (Å²) in [7, 11) is 0. The monoisotopic (exact) mass is 112 g/mol. The highest BCUT2D eigenvalue weighted by Gasteiger charge is 2.00. The molecule has 0 nitrogen and oxygen atoms in total. The van der Waals surface area contributed by atoms with Gasteiger partial charge in [0.2, 0.25) is 0 Å². The molecule has 2 unspecified atom stereocenters. The molecule has 0 aromatic rings. The molecule has 0 saturated carbocycles. The summed E-state index contributed by atoms with van der Waals surface area (Å²) in [5, 5.41) is 0. The van der Waals surface area contributed by atoms with E-state index < -0.39 is 0 Å². The quantitative estimate of drug-likeness (QED) is 0.526. The summed E-state index contributed by atoms with van der Waals surface area (Å²) in [5.74, 6) is 1.34. The summed E-state index contributed by atoms with van der Waals surface area (Å²) in [6.45, 7) is 12.1. The molecule has 0 heterocycles. The predicted molar refractivity (Wildman–Crippen MR) is 38.3 cm³/mol. The van der Waals surface area contributed by atoms with E-state index in [9.17, 15) is 0 Å². The van der Waals surface area contributed by atoms with Crippen LogP contribution in [0.5, 0.6) is 0 Å². The molecule has 0 rings (SSSR count). The van der Waals surface area contributed by atoms with Crippen LogP contribution in [-0.2, 0) is 0 Å². The molecule has 48 valence electrons. The van der Waals surface area contributed by atoms with Gasteiger partial charge in [0.25, 0.3) is 0 Å². The number of hydrogen-bond acceptors (Lipinski definition) is 0. The fourth-order valence-corrected chi connectivity index (χ4v) is 0.805. The molecule has 0 aliphatic rings. The van der Waals surface area contributed by atoms with Crippen molar-refractivity contribution < 1.29 is 0 Å². The summed E-state index contributed by atoms with van der Waals surface area (Å²) >= 11 is 0. The molecule has 0 aliphatic heterocycles. The summed E-state index contributed by atoms with van der Waals surface area (Å²) in [6.07, 6.45) is 2.25. The minimum Gasteiger partial charge on any atom is -0.0625 e. The zero-order valence-electron chi connectivity index (χ0n) is 5.98.